The lowest BCUT2D eigenvalue weighted by molar-refractivity contribution is -0.135. The molecule has 0 bridgehead atoms. The Balaban J connectivity index is 2.40. The van der Waals surface area contributed by atoms with Crippen LogP contribution in [0.3, 0.4) is 0 Å². The molecule has 0 amide bonds. The molecule has 0 aliphatic rings. The van der Waals surface area contributed by atoms with Crippen molar-refractivity contribution in [3.8, 4) is 17.2 Å². The van der Waals surface area contributed by atoms with E-state index < -0.39 is 23.9 Å². The van der Waals surface area contributed by atoms with Crippen molar-refractivity contribution in [2.24, 2.45) is 0 Å². The van der Waals surface area contributed by atoms with Crippen LogP contribution in [0.2, 0.25) is 5.02 Å². The first-order chi connectivity index (χ1) is 13.7. The normalized spacial score (nSPS) is 10.1. The van der Waals surface area contributed by atoms with Crippen LogP contribution in [0.1, 0.15) is 36.7 Å². The van der Waals surface area contributed by atoms with Gasteiger partial charge in [-0.25, -0.2) is 4.79 Å². The maximum Gasteiger partial charge on any atom is 0.338 e. The minimum absolute atomic E-state index is 0.0968. The van der Waals surface area contributed by atoms with Crippen LogP contribution in [0, 0.1) is 0 Å². The topological polar surface area (TPSA) is 105 Å². The highest BCUT2D eigenvalue weighted by atomic mass is 35.5. The highest BCUT2D eigenvalue weighted by molar-refractivity contribution is 6.31. The molecule has 0 aliphatic carbocycles. The van der Waals surface area contributed by atoms with Crippen LogP contribution in [0.15, 0.2) is 36.4 Å². The molecule has 29 heavy (non-hydrogen) atoms. The number of carbonyl (C=O) groups excluding carboxylic acids is 4. The highest BCUT2D eigenvalue weighted by Gasteiger charge is 2.23. The summed E-state index contributed by atoms with van der Waals surface area (Å²) in [6.45, 7) is 3.23. The van der Waals surface area contributed by atoms with Crippen LogP contribution in [0.5, 0.6) is 17.2 Å². The fourth-order valence-corrected chi connectivity index (χ4v) is 2.43. The number of esters is 4. The molecule has 2 rings (SSSR count). The van der Waals surface area contributed by atoms with Gasteiger partial charge in [-0.15, -0.1) is 0 Å². The van der Waals surface area contributed by atoms with Crippen LogP contribution in [0.4, 0.5) is 0 Å². The predicted octanol–water partition coefficient (Wildman–Crippen LogP) is 3.47. The fraction of sp³-hybridized carbons (Fsp3) is 0.200. The van der Waals surface area contributed by atoms with Gasteiger partial charge in [-0.1, -0.05) is 29.8 Å². The van der Waals surface area contributed by atoms with E-state index in [9.17, 15) is 19.2 Å². The molecule has 0 aromatic heterocycles. The maximum atomic E-state index is 12.5. The Morgan fingerprint density at radius 2 is 1.34 bits per heavy atom. The van der Waals surface area contributed by atoms with Gasteiger partial charge < -0.3 is 18.9 Å². The van der Waals surface area contributed by atoms with E-state index in [0.717, 1.165) is 32.9 Å². The average Bonchev–Trinajstić information content (AvgIpc) is 2.62. The molecular weight excluding hydrogens is 404 g/mol. The van der Waals surface area contributed by atoms with E-state index in [0.29, 0.717) is 10.6 Å². The molecule has 0 aliphatic heterocycles. The molecule has 0 atom stereocenters. The van der Waals surface area contributed by atoms with Gasteiger partial charge in [-0.2, -0.15) is 0 Å². The quantitative estimate of drug-likeness (QED) is 0.516. The number of hydrogen-bond acceptors (Lipinski definition) is 8. The van der Waals surface area contributed by atoms with Gasteiger partial charge in [-0.05, 0) is 18.2 Å². The summed E-state index contributed by atoms with van der Waals surface area (Å²) >= 11 is 6.03. The Morgan fingerprint density at radius 3 is 1.83 bits per heavy atom. The average molecular weight is 421 g/mol. The number of halogens is 1. The van der Waals surface area contributed by atoms with Crippen molar-refractivity contribution < 1.29 is 38.1 Å². The standard InChI is InChI=1S/C20H17ClO8/c1-11(22)27-17-8-15(9-18(28-12(2)23)19(17)29-13(3)24)20(25)26-10-14-6-4-5-7-16(14)21/h4-9H,10H2,1-3H3. The molecule has 2 aromatic carbocycles. The first-order valence-corrected chi connectivity index (χ1v) is 8.69. The van der Waals surface area contributed by atoms with Gasteiger partial charge in [0.1, 0.15) is 6.61 Å². The number of ether oxygens (including phenoxy) is 4. The smallest absolute Gasteiger partial charge is 0.338 e. The third-order valence-electron chi connectivity index (χ3n) is 3.33. The first-order valence-electron chi connectivity index (χ1n) is 8.31. The molecule has 8 nitrogen and oxygen atoms in total. The van der Waals surface area contributed by atoms with Crippen LogP contribution < -0.4 is 14.2 Å². The Morgan fingerprint density at radius 1 is 0.828 bits per heavy atom. The van der Waals surface area contributed by atoms with Crippen molar-refractivity contribution in [3.05, 3.63) is 52.5 Å². The van der Waals surface area contributed by atoms with Crippen molar-refractivity contribution in [3.63, 3.8) is 0 Å². The van der Waals surface area contributed by atoms with Gasteiger partial charge >= 0.3 is 23.9 Å². The second kappa shape index (κ2) is 9.70. The second-order valence-corrected chi connectivity index (χ2v) is 6.16. The molecule has 0 fully saturated rings. The molecule has 0 spiro atoms. The maximum absolute atomic E-state index is 12.5. The second-order valence-electron chi connectivity index (χ2n) is 5.75. The summed E-state index contributed by atoms with van der Waals surface area (Å²) in [5.74, 6) is -3.91. The molecule has 0 N–H and O–H groups in total. The molecule has 9 heteroatoms. The highest BCUT2D eigenvalue weighted by Crippen LogP contribution is 2.39. The summed E-state index contributed by atoms with van der Waals surface area (Å²) in [6, 6.07) is 9.09. The van der Waals surface area contributed by atoms with Crippen molar-refractivity contribution in [1.29, 1.82) is 0 Å². The van der Waals surface area contributed by atoms with Gasteiger partial charge in [0, 0.05) is 31.4 Å². The van der Waals surface area contributed by atoms with Crippen LogP contribution in [-0.4, -0.2) is 23.9 Å². The lowest BCUT2D eigenvalue weighted by Gasteiger charge is -2.15. The van der Waals surface area contributed by atoms with Gasteiger partial charge in [-0.3, -0.25) is 14.4 Å². The summed E-state index contributed by atoms with van der Waals surface area (Å²) in [4.78, 5) is 46.7. The Kier molecular flexibility index (Phi) is 7.33. The predicted molar refractivity (Wildman–Crippen MR) is 101 cm³/mol. The van der Waals surface area contributed by atoms with E-state index in [1.54, 1.807) is 24.3 Å². The van der Waals surface area contributed by atoms with Crippen molar-refractivity contribution in [2.75, 3.05) is 0 Å². The zero-order valence-electron chi connectivity index (χ0n) is 15.8. The molecule has 0 saturated heterocycles. The summed E-state index contributed by atoms with van der Waals surface area (Å²) < 4.78 is 20.2. The molecule has 0 saturated carbocycles. The summed E-state index contributed by atoms with van der Waals surface area (Å²) in [6.07, 6.45) is 0. The largest absolute Gasteiger partial charge is 0.457 e. The molecule has 2 aromatic rings. The third kappa shape index (κ3) is 6.32. The van der Waals surface area contributed by atoms with Crippen molar-refractivity contribution >= 4 is 35.5 Å². The van der Waals surface area contributed by atoms with E-state index in [-0.39, 0.29) is 29.4 Å². The van der Waals surface area contributed by atoms with Gasteiger partial charge in [0.05, 0.1) is 5.56 Å². The van der Waals surface area contributed by atoms with E-state index in [1.807, 2.05) is 0 Å². The molecule has 0 unspecified atom stereocenters. The molecule has 0 radical (unpaired) electrons. The van der Waals surface area contributed by atoms with E-state index in [4.69, 9.17) is 30.5 Å². The van der Waals surface area contributed by atoms with Gasteiger partial charge in [0.15, 0.2) is 11.5 Å². The Hall–Kier alpha value is -3.39. The van der Waals surface area contributed by atoms with Gasteiger partial charge in [0.25, 0.3) is 0 Å². The van der Waals surface area contributed by atoms with Crippen molar-refractivity contribution in [2.45, 2.75) is 27.4 Å². The monoisotopic (exact) mass is 420 g/mol. The zero-order valence-corrected chi connectivity index (χ0v) is 16.6. The summed E-state index contributed by atoms with van der Waals surface area (Å²) in [7, 11) is 0. The summed E-state index contributed by atoms with van der Waals surface area (Å²) in [5.41, 5.74) is 0.486. The minimum atomic E-state index is -0.805. The lowest BCUT2D eigenvalue weighted by Crippen LogP contribution is -2.13. The molecule has 152 valence electrons. The zero-order chi connectivity index (χ0) is 21.6. The summed E-state index contributed by atoms with van der Waals surface area (Å²) in [5, 5.41) is 0.423. The molecular formula is C20H17ClO8. The molecule has 0 heterocycles. The van der Waals surface area contributed by atoms with E-state index in [1.165, 1.54) is 0 Å². The SMILES string of the molecule is CC(=O)Oc1cc(C(=O)OCc2ccccc2Cl)cc(OC(C)=O)c1OC(C)=O. The Bertz CT molecular complexity index is 930. The van der Waals surface area contributed by atoms with Crippen LogP contribution >= 0.6 is 11.6 Å². The van der Waals surface area contributed by atoms with Crippen LogP contribution in [0.25, 0.3) is 0 Å². The first kappa shape index (κ1) is 21.9. The lowest BCUT2D eigenvalue weighted by atomic mass is 10.1. The Labute approximate surface area is 171 Å². The van der Waals surface area contributed by atoms with E-state index >= 15 is 0 Å². The minimum Gasteiger partial charge on any atom is -0.457 e. The van der Waals surface area contributed by atoms with E-state index in [2.05, 4.69) is 0 Å². The number of benzene rings is 2. The number of hydrogen-bond donors (Lipinski definition) is 0. The fourth-order valence-electron chi connectivity index (χ4n) is 2.24. The van der Waals surface area contributed by atoms with Gasteiger partial charge in [0.2, 0.25) is 5.75 Å². The number of carbonyl (C=O) groups is 4. The number of rotatable bonds is 6. The third-order valence-corrected chi connectivity index (χ3v) is 3.69. The van der Waals surface area contributed by atoms with Crippen molar-refractivity contribution in [1.82, 2.24) is 0 Å². The van der Waals surface area contributed by atoms with Crippen LogP contribution in [-0.2, 0) is 25.7 Å².